The van der Waals surface area contributed by atoms with Crippen LogP contribution < -0.4 is 4.72 Å². The first-order valence-electron chi connectivity index (χ1n) is 7.66. The molecule has 0 spiro atoms. The lowest BCUT2D eigenvalue weighted by molar-refractivity contribution is 0.560. The third-order valence-corrected chi connectivity index (χ3v) is 5.30. The first-order chi connectivity index (χ1) is 12.4. The molecule has 132 valence electrons. The van der Waals surface area contributed by atoms with Crippen molar-refractivity contribution in [2.24, 2.45) is 7.05 Å². The van der Waals surface area contributed by atoms with Crippen LogP contribution in [0.15, 0.2) is 65.8 Å². The van der Waals surface area contributed by atoms with Crippen LogP contribution in [0, 0.1) is 17.1 Å². The lowest BCUT2D eigenvalue weighted by atomic mass is 10.1. The van der Waals surface area contributed by atoms with E-state index >= 15 is 0 Å². The van der Waals surface area contributed by atoms with Gasteiger partial charge in [0.25, 0.3) is 0 Å². The highest BCUT2D eigenvalue weighted by atomic mass is 32.2. The zero-order valence-corrected chi connectivity index (χ0v) is 14.6. The standard InChI is InChI=1S/C18H15FN4O2S/c1-23-10-9-21-18(23)17(14-3-2-4-15(19)11-14)22-26(24,25)16-7-5-13(12-20)6-8-16/h2-11,17,22H,1H3. The molecule has 26 heavy (non-hydrogen) atoms. The molecule has 0 radical (unpaired) electrons. The second-order valence-electron chi connectivity index (χ2n) is 5.64. The van der Waals surface area contributed by atoms with E-state index in [0.29, 0.717) is 17.0 Å². The number of imidazole rings is 1. The summed E-state index contributed by atoms with van der Waals surface area (Å²) in [7, 11) is -2.20. The third-order valence-electron chi connectivity index (χ3n) is 3.87. The molecule has 0 saturated heterocycles. The highest BCUT2D eigenvalue weighted by molar-refractivity contribution is 7.89. The molecule has 1 aromatic heterocycles. The molecule has 8 heteroatoms. The van der Waals surface area contributed by atoms with Gasteiger partial charge in [-0.3, -0.25) is 0 Å². The van der Waals surface area contributed by atoms with Gasteiger partial charge in [0.15, 0.2) is 0 Å². The Hall–Kier alpha value is -3.02. The number of nitrogens with one attached hydrogen (secondary N) is 1. The number of sulfonamides is 1. The highest BCUT2D eigenvalue weighted by Crippen LogP contribution is 2.24. The van der Waals surface area contributed by atoms with Gasteiger partial charge in [-0.1, -0.05) is 12.1 Å². The van der Waals surface area contributed by atoms with E-state index in [9.17, 15) is 12.8 Å². The number of hydrogen-bond acceptors (Lipinski definition) is 4. The maximum Gasteiger partial charge on any atom is 0.241 e. The van der Waals surface area contributed by atoms with Crippen molar-refractivity contribution in [2.75, 3.05) is 0 Å². The number of nitrogens with zero attached hydrogens (tertiary/aromatic N) is 3. The molecule has 1 heterocycles. The Balaban J connectivity index is 2.02. The molecular formula is C18H15FN4O2S. The Morgan fingerprint density at radius 1 is 1.23 bits per heavy atom. The van der Waals surface area contributed by atoms with Crippen LogP contribution in [0.2, 0.25) is 0 Å². The average molecular weight is 370 g/mol. The van der Waals surface area contributed by atoms with E-state index < -0.39 is 21.9 Å². The van der Waals surface area contributed by atoms with Crippen molar-refractivity contribution < 1.29 is 12.8 Å². The van der Waals surface area contributed by atoms with E-state index in [0.717, 1.165) is 0 Å². The van der Waals surface area contributed by atoms with Crippen molar-refractivity contribution in [2.45, 2.75) is 10.9 Å². The monoisotopic (exact) mass is 370 g/mol. The van der Waals surface area contributed by atoms with Crippen molar-refractivity contribution in [3.8, 4) is 6.07 Å². The smallest absolute Gasteiger partial charge is 0.241 e. The van der Waals surface area contributed by atoms with E-state index in [4.69, 9.17) is 5.26 Å². The van der Waals surface area contributed by atoms with Crippen LogP contribution in [0.25, 0.3) is 0 Å². The van der Waals surface area contributed by atoms with Crippen molar-refractivity contribution in [3.05, 3.63) is 83.7 Å². The van der Waals surface area contributed by atoms with Crippen molar-refractivity contribution in [3.63, 3.8) is 0 Å². The summed E-state index contributed by atoms with van der Waals surface area (Å²) in [5.74, 6) is -0.0490. The number of rotatable bonds is 5. The van der Waals surface area contributed by atoms with E-state index in [2.05, 4.69) is 9.71 Å². The van der Waals surface area contributed by atoms with Crippen LogP contribution in [0.1, 0.15) is 23.0 Å². The fourth-order valence-electron chi connectivity index (χ4n) is 2.54. The molecule has 3 aromatic rings. The summed E-state index contributed by atoms with van der Waals surface area (Å²) in [5, 5.41) is 8.85. The number of hydrogen-bond donors (Lipinski definition) is 1. The fourth-order valence-corrected chi connectivity index (χ4v) is 3.73. The second-order valence-corrected chi connectivity index (χ2v) is 7.36. The molecule has 0 aliphatic heterocycles. The summed E-state index contributed by atoms with van der Waals surface area (Å²) in [5.41, 5.74) is 0.784. The van der Waals surface area contributed by atoms with Gasteiger partial charge in [0.1, 0.15) is 17.7 Å². The van der Waals surface area contributed by atoms with Crippen LogP contribution in [-0.4, -0.2) is 18.0 Å². The number of halogens is 1. The van der Waals surface area contributed by atoms with Crippen LogP contribution >= 0.6 is 0 Å². The van der Waals surface area contributed by atoms with Gasteiger partial charge >= 0.3 is 0 Å². The summed E-state index contributed by atoms with van der Waals surface area (Å²) in [4.78, 5) is 4.20. The van der Waals surface area contributed by atoms with Crippen molar-refractivity contribution in [1.82, 2.24) is 14.3 Å². The topological polar surface area (TPSA) is 87.8 Å². The molecule has 0 fully saturated rings. The minimum atomic E-state index is -3.92. The van der Waals surface area contributed by atoms with Crippen LogP contribution in [-0.2, 0) is 17.1 Å². The van der Waals surface area contributed by atoms with Gasteiger partial charge in [0.2, 0.25) is 10.0 Å². The minimum absolute atomic E-state index is 0.00659. The third kappa shape index (κ3) is 3.64. The number of benzene rings is 2. The molecule has 0 amide bonds. The van der Waals surface area contributed by atoms with Crippen LogP contribution in [0.5, 0.6) is 0 Å². The Kier molecular flexibility index (Phi) is 4.84. The molecule has 1 atom stereocenters. The number of aromatic nitrogens is 2. The number of aryl methyl sites for hydroxylation is 1. The van der Waals surface area contributed by atoms with Crippen molar-refractivity contribution >= 4 is 10.0 Å². The van der Waals surface area contributed by atoms with Crippen LogP contribution in [0.4, 0.5) is 4.39 Å². The maximum absolute atomic E-state index is 13.7. The van der Waals surface area contributed by atoms with Gasteiger partial charge in [-0.2, -0.15) is 9.98 Å². The van der Waals surface area contributed by atoms with Gasteiger partial charge < -0.3 is 4.57 Å². The zero-order chi connectivity index (χ0) is 18.7. The summed E-state index contributed by atoms with van der Waals surface area (Å²) in [6.07, 6.45) is 3.22. The molecule has 3 rings (SSSR count). The Morgan fingerprint density at radius 3 is 2.54 bits per heavy atom. The van der Waals surface area contributed by atoms with Gasteiger partial charge in [-0.15, -0.1) is 0 Å². The van der Waals surface area contributed by atoms with Gasteiger partial charge in [-0.25, -0.2) is 17.8 Å². The van der Waals surface area contributed by atoms with E-state index in [1.54, 1.807) is 23.9 Å². The molecule has 2 aromatic carbocycles. The maximum atomic E-state index is 13.7. The first-order valence-corrected chi connectivity index (χ1v) is 9.14. The Labute approximate surface area is 150 Å². The second kappa shape index (κ2) is 7.07. The lowest BCUT2D eigenvalue weighted by Crippen LogP contribution is -2.31. The number of nitriles is 1. The first kappa shape index (κ1) is 17.8. The molecule has 0 aliphatic carbocycles. The largest absolute Gasteiger partial charge is 0.336 e. The molecule has 0 saturated carbocycles. The molecule has 1 N–H and O–H groups in total. The molecular weight excluding hydrogens is 355 g/mol. The average Bonchev–Trinajstić information content (AvgIpc) is 3.05. The SMILES string of the molecule is Cn1ccnc1C(NS(=O)(=O)c1ccc(C#N)cc1)c1cccc(F)c1. The predicted molar refractivity (Wildman–Crippen MR) is 92.9 cm³/mol. The predicted octanol–water partition coefficient (Wildman–Crippen LogP) is 2.50. The normalized spacial score (nSPS) is 12.5. The summed E-state index contributed by atoms with van der Waals surface area (Å²) >= 11 is 0. The summed E-state index contributed by atoms with van der Waals surface area (Å²) in [6.45, 7) is 0. The van der Waals surface area contributed by atoms with Gasteiger partial charge in [-0.05, 0) is 42.0 Å². The summed E-state index contributed by atoms with van der Waals surface area (Å²) < 4.78 is 43.5. The van der Waals surface area contributed by atoms with E-state index in [1.807, 2.05) is 6.07 Å². The minimum Gasteiger partial charge on any atom is -0.336 e. The zero-order valence-electron chi connectivity index (χ0n) is 13.8. The van der Waals surface area contributed by atoms with E-state index in [1.165, 1.54) is 48.7 Å². The molecule has 0 bridgehead atoms. The quantitative estimate of drug-likeness (QED) is 0.747. The Bertz CT molecular complexity index is 1070. The van der Waals surface area contributed by atoms with Crippen LogP contribution in [0.3, 0.4) is 0 Å². The highest BCUT2D eigenvalue weighted by Gasteiger charge is 2.26. The van der Waals surface area contributed by atoms with Gasteiger partial charge in [0.05, 0.1) is 16.5 Å². The van der Waals surface area contributed by atoms with Gasteiger partial charge in [0, 0.05) is 19.4 Å². The molecule has 6 nitrogen and oxygen atoms in total. The Morgan fingerprint density at radius 2 is 1.96 bits per heavy atom. The van der Waals surface area contributed by atoms with E-state index in [-0.39, 0.29) is 4.90 Å². The molecule has 1 unspecified atom stereocenters. The molecule has 0 aliphatic rings. The van der Waals surface area contributed by atoms with Crippen molar-refractivity contribution in [1.29, 1.82) is 5.26 Å². The lowest BCUT2D eigenvalue weighted by Gasteiger charge is -2.19. The summed E-state index contributed by atoms with van der Waals surface area (Å²) in [6, 6.07) is 12.3. The fraction of sp³-hybridized carbons (Fsp3) is 0.111.